The molecule has 1 aliphatic rings. The van der Waals surface area contributed by atoms with E-state index in [2.05, 4.69) is 4.98 Å². The van der Waals surface area contributed by atoms with Crippen molar-refractivity contribution in [1.82, 2.24) is 4.98 Å². The summed E-state index contributed by atoms with van der Waals surface area (Å²) in [5.41, 5.74) is 2.07. The zero-order valence-electron chi connectivity index (χ0n) is 5.50. The van der Waals surface area contributed by atoms with E-state index >= 15 is 0 Å². The number of pyridine rings is 1. The van der Waals surface area contributed by atoms with Gasteiger partial charge in [0.05, 0.1) is 5.69 Å². The molecule has 0 aromatic carbocycles. The maximum Gasteiger partial charge on any atom is 0.143 e. The molecule has 1 aliphatic carbocycles. The number of aromatic nitrogens is 1. The van der Waals surface area contributed by atoms with E-state index in [0.717, 1.165) is 11.3 Å². The first-order valence-electron chi connectivity index (χ1n) is 3.31. The van der Waals surface area contributed by atoms with Gasteiger partial charge in [-0.05, 0) is 11.6 Å². The summed E-state index contributed by atoms with van der Waals surface area (Å²) < 4.78 is 0. The highest BCUT2D eigenvalue weighted by Crippen LogP contribution is 2.15. The van der Waals surface area contributed by atoms with Crippen molar-refractivity contribution in [3.05, 3.63) is 29.6 Å². The minimum Gasteiger partial charge on any atom is -0.299 e. The summed E-state index contributed by atoms with van der Waals surface area (Å²) in [6.45, 7) is 0. The molecule has 1 aromatic heterocycles. The normalized spacial score (nSPS) is 15.4. The lowest BCUT2D eigenvalue weighted by Gasteiger charge is -1.90. The number of rotatable bonds is 0. The number of ketones is 1. The lowest BCUT2D eigenvalue weighted by Crippen LogP contribution is -1.93. The second-order valence-corrected chi connectivity index (χ2v) is 2.50. The van der Waals surface area contributed by atoms with E-state index in [9.17, 15) is 4.79 Å². The molecule has 0 bridgehead atoms. The molecule has 2 rings (SSSR count). The van der Waals surface area contributed by atoms with Crippen LogP contribution in [0.25, 0.3) is 0 Å². The quantitative estimate of drug-likeness (QED) is 0.522. The minimum atomic E-state index is 0.286. The monoisotopic (exact) mass is 133 g/mol. The van der Waals surface area contributed by atoms with Crippen molar-refractivity contribution in [2.45, 2.75) is 12.8 Å². The SMILES string of the molecule is O=C1Cc2cccnc2C1. The summed E-state index contributed by atoms with van der Waals surface area (Å²) in [4.78, 5) is 14.9. The Balaban J connectivity index is 2.51. The molecular weight excluding hydrogens is 126 g/mol. The highest BCUT2D eigenvalue weighted by molar-refractivity contribution is 5.87. The molecule has 0 saturated carbocycles. The zero-order chi connectivity index (χ0) is 6.97. The molecule has 2 heteroatoms. The topological polar surface area (TPSA) is 30.0 Å². The summed E-state index contributed by atoms with van der Waals surface area (Å²) in [5.74, 6) is 0.286. The van der Waals surface area contributed by atoms with Crippen LogP contribution in [0.1, 0.15) is 11.3 Å². The molecule has 0 spiro atoms. The van der Waals surface area contributed by atoms with Crippen LogP contribution in [0.2, 0.25) is 0 Å². The highest BCUT2D eigenvalue weighted by atomic mass is 16.1. The van der Waals surface area contributed by atoms with Gasteiger partial charge in [-0.25, -0.2) is 0 Å². The van der Waals surface area contributed by atoms with E-state index in [4.69, 9.17) is 0 Å². The lowest BCUT2D eigenvalue weighted by molar-refractivity contribution is -0.117. The van der Waals surface area contributed by atoms with E-state index in [1.807, 2.05) is 12.1 Å². The van der Waals surface area contributed by atoms with E-state index < -0.39 is 0 Å². The fourth-order valence-electron chi connectivity index (χ4n) is 1.25. The van der Waals surface area contributed by atoms with Crippen molar-refractivity contribution in [1.29, 1.82) is 0 Å². The summed E-state index contributed by atoms with van der Waals surface area (Å²) in [6.07, 6.45) is 2.86. The predicted octanol–water partition coefficient (Wildman–Crippen LogP) is 0.749. The molecule has 0 unspecified atom stereocenters. The molecule has 50 valence electrons. The Morgan fingerprint density at radius 3 is 3.10 bits per heavy atom. The number of Topliss-reactive ketones (excluding diaryl/α,β-unsaturated/α-hetero) is 1. The summed E-state index contributed by atoms with van der Waals surface area (Å²) in [6, 6.07) is 3.84. The van der Waals surface area contributed by atoms with Gasteiger partial charge in [-0.15, -0.1) is 0 Å². The first-order chi connectivity index (χ1) is 4.86. The van der Waals surface area contributed by atoms with Crippen LogP contribution in [-0.2, 0) is 17.6 Å². The van der Waals surface area contributed by atoms with Gasteiger partial charge in [-0.1, -0.05) is 6.07 Å². The maximum absolute atomic E-state index is 10.9. The van der Waals surface area contributed by atoms with E-state index in [0.29, 0.717) is 12.8 Å². The first kappa shape index (κ1) is 5.59. The number of carbonyl (C=O) groups is 1. The molecule has 0 aliphatic heterocycles. The van der Waals surface area contributed by atoms with Gasteiger partial charge in [0.15, 0.2) is 0 Å². The molecule has 2 nitrogen and oxygen atoms in total. The van der Waals surface area contributed by atoms with Crippen LogP contribution in [-0.4, -0.2) is 10.8 Å². The Morgan fingerprint density at radius 2 is 2.30 bits per heavy atom. The Morgan fingerprint density at radius 1 is 1.40 bits per heavy atom. The summed E-state index contributed by atoms with van der Waals surface area (Å²) in [7, 11) is 0. The van der Waals surface area contributed by atoms with Crippen LogP contribution in [0.15, 0.2) is 18.3 Å². The second-order valence-electron chi connectivity index (χ2n) is 2.50. The largest absolute Gasteiger partial charge is 0.299 e. The number of carbonyl (C=O) groups excluding carboxylic acids is 1. The molecule has 0 N–H and O–H groups in total. The first-order valence-corrected chi connectivity index (χ1v) is 3.31. The predicted molar refractivity (Wildman–Crippen MR) is 36.7 cm³/mol. The van der Waals surface area contributed by atoms with Crippen LogP contribution < -0.4 is 0 Å². The van der Waals surface area contributed by atoms with Gasteiger partial charge < -0.3 is 0 Å². The van der Waals surface area contributed by atoms with Gasteiger partial charge in [-0.3, -0.25) is 9.78 Å². The van der Waals surface area contributed by atoms with Crippen molar-refractivity contribution in [2.24, 2.45) is 0 Å². The Bertz CT molecular complexity index is 253. The molecular formula is C8H7NO. The summed E-state index contributed by atoms with van der Waals surface area (Å²) in [5, 5.41) is 0. The number of fused-ring (bicyclic) bond motifs is 1. The van der Waals surface area contributed by atoms with Gasteiger partial charge in [0.1, 0.15) is 5.78 Å². The van der Waals surface area contributed by atoms with Gasteiger partial charge in [0.2, 0.25) is 0 Å². The third-order valence-corrected chi connectivity index (χ3v) is 1.74. The maximum atomic E-state index is 10.9. The number of hydrogen-bond acceptors (Lipinski definition) is 2. The minimum absolute atomic E-state index is 0.286. The number of hydrogen-bond donors (Lipinski definition) is 0. The molecule has 0 saturated heterocycles. The van der Waals surface area contributed by atoms with Gasteiger partial charge in [0, 0.05) is 19.0 Å². The Labute approximate surface area is 58.9 Å². The molecule has 0 fully saturated rings. The average Bonchev–Trinajstić information content (AvgIpc) is 2.27. The van der Waals surface area contributed by atoms with Crippen LogP contribution >= 0.6 is 0 Å². The van der Waals surface area contributed by atoms with E-state index in [-0.39, 0.29) is 5.78 Å². The number of nitrogens with zero attached hydrogens (tertiary/aromatic N) is 1. The zero-order valence-corrected chi connectivity index (χ0v) is 5.50. The second kappa shape index (κ2) is 1.90. The van der Waals surface area contributed by atoms with Crippen molar-refractivity contribution in [3.8, 4) is 0 Å². The Kier molecular flexibility index (Phi) is 1.07. The van der Waals surface area contributed by atoms with Crippen LogP contribution in [0.5, 0.6) is 0 Å². The summed E-state index contributed by atoms with van der Waals surface area (Å²) >= 11 is 0. The standard InChI is InChI=1S/C8H7NO/c10-7-4-6-2-1-3-9-8(6)5-7/h1-3H,4-5H2. The van der Waals surface area contributed by atoms with Gasteiger partial charge in [0.25, 0.3) is 0 Å². The van der Waals surface area contributed by atoms with Gasteiger partial charge in [-0.2, -0.15) is 0 Å². The van der Waals surface area contributed by atoms with E-state index in [1.165, 1.54) is 0 Å². The fraction of sp³-hybridized carbons (Fsp3) is 0.250. The molecule has 10 heavy (non-hydrogen) atoms. The third-order valence-electron chi connectivity index (χ3n) is 1.74. The molecule has 0 atom stereocenters. The lowest BCUT2D eigenvalue weighted by atomic mass is 10.2. The molecule has 1 heterocycles. The molecule has 1 aromatic rings. The van der Waals surface area contributed by atoms with Crippen molar-refractivity contribution < 1.29 is 4.79 Å². The third kappa shape index (κ3) is 0.727. The Hall–Kier alpha value is -1.18. The van der Waals surface area contributed by atoms with Crippen LogP contribution in [0, 0.1) is 0 Å². The van der Waals surface area contributed by atoms with Crippen LogP contribution in [0.4, 0.5) is 0 Å². The van der Waals surface area contributed by atoms with Gasteiger partial charge >= 0.3 is 0 Å². The molecule has 0 radical (unpaired) electrons. The molecule has 0 amide bonds. The fourth-order valence-corrected chi connectivity index (χ4v) is 1.25. The average molecular weight is 133 g/mol. The van der Waals surface area contributed by atoms with Crippen LogP contribution in [0.3, 0.4) is 0 Å². The van der Waals surface area contributed by atoms with Crippen molar-refractivity contribution in [2.75, 3.05) is 0 Å². The highest BCUT2D eigenvalue weighted by Gasteiger charge is 2.17. The van der Waals surface area contributed by atoms with E-state index in [1.54, 1.807) is 6.20 Å². The smallest absolute Gasteiger partial charge is 0.143 e. The van der Waals surface area contributed by atoms with Crippen molar-refractivity contribution >= 4 is 5.78 Å². The van der Waals surface area contributed by atoms with Crippen molar-refractivity contribution in [3.63, 3.8) is 0 Å².